The number of ether oxygens (including phenoxy) is 2. The van der Waals surface area contributed by atoms with Gasteiger partial charge in [0.25, 0.3) is 5.91 Å². The number of aromatic nitrogens is 2. The fourth-order valence-electron chi connectivity index (χ4n) is 3.08. The van der Waals surface area contributed by atoms with E-state index >= 15 is 0 Å². The van der Waals surface area contributed by atoms with Gasteiger partial charge in [0.15, 0.2) is 0 Å². The number of pyridine rings is 2. The Bertz CT molecular complexity index is 1290. The van der Waals surface area contributed by atoms with Crippen molar-refractivity contribution in [1.82, 2.24) is 9.97 Å². The van der Waals surface area contributed by atoms with E-state index in [-0.39, 0.29) is 5.56 Å². The van der Waals surface area contributed by atoms with E-state index in [1.807, 2.05) is 18.2 Å². The lowest BCUT2D eigenvalue weighted by Gasteiger charge is -2.12. The minimum absolute atomic E-state index is 0.212. The highest BCUT2D eigenvalue weighted by Crippen LogP contribution is 2.33. The van der Waals surface area contributed by atoms with Gasteiger partial charge in [-0.15, -0.1) is 0 Å². The Hall–Kier alpha value is -4.66. The van der Waals surface area contributed by atoms with Crippen LogP contribution in [0.15, 0.2) is 73.2 Å². The van der Waals surface area contributed by atoms with Crippen LogP contribution in [0.5, 0.6) is 17.2 Å². The smallest absolute Gasteiger partial charge is 0.323 e. The molecule has 0 aliphatic heterocycles. The van der Waals surface area contributed by atoms with Crippen LogP contribution in [0, 0.1) is 0 Å². The molecule has 4 N–H and O–H groups in total. The zero-order valence-electron chi connectivity index (χ0n) is 17.0. The molecule has 0 bridgehead atoms. The summed E-state index contributed by atoms with van der Waals surface area (Å²) in [6.45, 7) is 0. The summed E-state index contributed by atoms with van der Waals surface area (Å²) in [6.07, 6.45) is 4.58. The number of nitrogens with two attached hydrogens (primary N) is 1. The van der Waals surface area contributed by atoms with E-state index in [2.05, 4.69) is 20.6 Å². The lowest BCUT2D eigenvalue weighted by Crippen LogP contribution is -2.19. The van der Waals surface area contributed by atoms with Crippen LogP contribution in [0.25, 0.3) is 10.9 Å². The third kappa shape index (κ3) is 4.57. The standard InChI is InChI=1S/C23H19N5O4/c1-31-21-11-19-17(10-18(21)22(24)29)20(7-8-26-19)32-16-9-15(12-25-13-16)28-23(30)27-14-5-3-2-4-6-14/h2-13H,1H3,(H2,24,29)(H2,27,28,30). The van der Waals surface area contributed by atoms with Crippen molar-refractivity contribution in [2.75, 3.05) is 17.7 Å². The van der Waals surface area contributed by atoms with Crippen molar-refractivity contribution in [3.63, 3.8) is 0 Å². The van der Waals surface area contributed by atoms with Crippen LogP contribution in [0.1, 0.15) is 10.4 Å². The Morgan fingerprint density at radius 3 is 2.47 bits per heavy atom. The number of anilines is 2. The van der Waals surface area contributed by atoms with Crippen molar-refractivity contribution in [2.24, 2.45) is 5.73 Å². The molecule has 9 heteroatoms. The second-order valence-electron chi connectivity index (χ2n) is 6.70. The summed E-state index contributed by atoms with van der Waals surface area (Å²) in [5, 5.41) is 6.01. The summed E-state index contributed by atoms with van der Waals surface area (Å²) in [5.74, 6) is 0.516. The first-order valence-electron chi connectivity index (χ1n) is 9.56. The number of hydrogen-bond acceptors (Lipinski definition) is 6. The number of urea groups is 1. The van der Waals surface area contributed by atoms with Crippen molar-refractivity contribution < 1.29 is 19.1 Å². The third-order valence-corrected chi connectivity index (χ3v) is 4.52. The predicted molar refractivity (Wildman–Crippen MR) is 120 cm³/mol. The molecule has 0 radical (unpaired) electrons. The molecule has 160 valence electrons. The van der Waals surface area contributed by atoms with E-state index in [0.717, 1.165) is 0 Å². The van der Waals surface area contributed by atoms with Crippen LogP contribution in [-0.2, 0) is 0 Å². The van der Waals surface area contributed by atoms with E-state index in [9.17, 15) is 9.59 Å². The maximum atomic E-state index is 12.2. The fourth-order valence-corrected chi connectivity index (χ4v) is 3.08. The molecule has 9 nitrogen and oxygen atoms in total. The molecular weight excluding hydrogens is 410 g/mol. The summed E-state index contributed by atoms with van der Waals surface area (Å²) in [6, 6.07) is 15.1. The van der Waals surface area contributed by atoms with Crippen LogP contribution >= 0.6 is 0 Å². The average molecular weight is 429 g/mol. The second-order valence-corrected chi connectivity index (χ2v) is 6.70. The molecule has 4 rings (SSSR count). The molecule has 0 fully saturated rings. The maximum Gasteiger partial charge on any atom is 0.323 e. The monoisotopic (exact) mass is 429 g/mol. The van der Waals surface area contributed by atoms with Gasteiger partial charge in [0.2, 0.25) is 0 Å². The number of nitrogens with one attached hydrogen (secondary N) is 2. The highest BCUT2D eigenvalue weighted by atomic mass is 16.5. The van der Waals surface area contributed by atoms with E-state index in [4.69, 9.17) is 15.2 Å². The van der Waals surface area contributed by atoms with Crippen LogP contribution < -0.4 is 25.8 Å². The first-order valence-corrected chi connectivity index (χ1v) is 9.56. The number of carbonyl (C=O) groups is 2. The number of rotatable bonds is 6. The summed E-state index contributed by atoms with van der Waals surface area (Å²) in [7, 11) is 1.45. The summed E-state index contributed by atoms with van der Waals surface area (Å²) < 4.78 is 11.2. The largest absolute Gasteiger partial charge is 0.496 e. The molecule has 3 amide bonds. The van der Waals surface area contributed by atoms with Gasteiger partial charge >= 0.3 is 6.03 Å². The van der Waals surface area contributed by atoms with Crippen LogP contribution in [0.2, 0.25) is 0 Å². The summed E-state index contributed by atoms with van der Waals surface area (Å²) in [4.78, 5) is 32.4. The number of carbonyl (C=O) groups excluding carboxylic acids is 2. The summed E-state index contributed by atoms with van der Waals surface area (Å²) >= 11 is 0. The number of methoxy groups -OCH3 is 1. The first kappa shape index (κ1) is 20.6. The van der Waals surface area contributed by atoms with Crippen molar-refractivity contribution in [3.8, 4) is 17.2 Å². The van der Waals surface area contributed by atoms with Gasteiger partial charge in [-0.2, -0.15) is 0 Å². The molecule has 0 aliphatic carbocycles. The van der Waals surface area contributed by atoms with E-state index in [1.54, 1.807) is 42.6 Å². The number of hydrogen-bond donors (Lipinski definition) is 3. The van der Waals surface area contributed by atoms with Gasteiger partial charge in [0.05, 0.1) is 36.3 Å². The third-order valence-electron chi connectivity index (χ3n) is 4.52. The van der Waals surface area contributed by atoms with Gasteiger partial charge in [-0.1, -0.05) is 18.2 Å². The Morgan fingerprint density at radius 2 is 1.72 bits per heavy atom. The SMILES string of the molecule is COc1cc2nccc(Oc3cncc(NC(=O)Nc4ccccc4)c3)c2cc1C(N)=O. The summed E-state index contributed by atoms with van der Waals surface area (Å²) in [5.41, 5.74) is 7.34. The molecular formula is C23H19N5O4. The Morgan fingerprint density at radius 1 is 0.938 bits per heavy atom. The van der Waals surface area contributed by atoms with Crippen LogP contribution in [0.4, 0.5) is 16.2 Å². The molecule has 4 aromatic rings. The van der Waals surface area contributed by atoms with Gasteiger partial charge in [0.1, 0.15) is 17.2 Å². The Balaban J connectivity index is 1.57. The van der Waals surface area contributed by atoms with Crippen LogP contribution in [0.3, 0.4) is 0 Å². The molecule has 0 saturated heterocycles. The number of amides is 3. The average Bonchev–Trinajstić information content (AvgIpc) is 2.79. The quantitative estimate of drug-likeness (QED) is 0.422. The fraction of sp³-hybridized carbons (Fsp3) is 0.0435. The molecule has 0 aliphatic rings. The van der Waals surface area contributed by atoms with Gasteiger partial charge in [0, 0.05) is 29.4 Å². The number of nitrogens with zero attached hydrogens (tertiary/aromatic N) is 2. The van der Waals surface area contributed by atoms with E-state index in [1.165, 1.54) is 19.5 Å². The number of benzene rings is 2. The lowest BCUT2D eigenvalue weighted by atomic mass is 10.1. The molecule has 0 saturated carbocycles. The molecule has 0 atom stereocenters. The molecule has 0 unspecified atom stereocenters. The Kier molecular flexibility index (Phi) is 5.80. The van der Waals surface area contributed by atoms with Crippen molar-refractivity contribution in [2.45, 2.75) is 0 Å². The highest BCUT2D eigenvalue weighted by Gasteiger charge is 2.14. The number of fused-ring (bicyclic) bond motifs is 1. The normalized spacial score (nSPS) is 10.4. The first-order chi connectivity index (χ1) is 15.5. The molecule has 32 heavy (non-hydrogen) atoms. The highest BCUT2D eigenvalue weighted by molar-refractivity contribution is 6.01. The van der Waals surface area contributed by atoms with Gasteiger partial charge in [-0.25, -0.2) is 4.79 Å². The van der Waals surface area contributed by atoms with Crippen LogP contribution in [-0.4, -0.2) is 29.0 Å². The molecule has 2 heterocycles. The Labute approximate surface area is 183 Å². The molecule has 2 aromatic heterocycles. The molecule has 2 aromatic carbocycles. The maximum absolute atomic E-state index is 12.2. The predicted octanol–water partition coefficient (Wildman–Crippen LogP) is 4.17. The molecule has 0 spiro atoms. The minimum Gasteiger partial charge on any atom is -0.496 e. The topological polar surface area (TPSA) is 128 Å². The van der Waals surface area contributed by atoms with E-state index < -0.39 is 11.9 Å². The van der Waals surface area contributed by atoms with Gasteiger partial charge in [-0.05, 0) is 24.3 Å². The van der Waals surface area contributed by atoms with Crippen molar-refractivity contribution >= 4 is 34.2 Å². The van der Waals surface area contributed by atoms with Gasteiger partial charge < -0.3 is 25.8 Å². The van der Waals surface area contributed by atoms with Gasteiger partial charge in [-0.3, -0.25) is 14.8 Å². The minimum atomic E-state index is -0.629. The second kappa shape index (κ2) is 9.00. The zero-order valence-corrected chi connectivity index (χ0v) is 17.0. The van der Waals surface area contributed by atoms with Crippen molar-refractivity contribution in [1.29, 1.82) is 0 Å². The lowest BCUT2D eigenvalue weighted by molar-refractivity contribution is 0.0997. The number of para-hydroxylation sites is 1. The van der Waals surface area contributed by atoms with Crippen molar-refractivity contribution in [3.05, 3.63) is 78.8 Å². The van der Waals surface area contributed by atoms with E-state index in [0.29, 0.717) is 39.5 Å². The number of primary amides is 1. The zero-order chi connectivity index (χ0) is 22.5.